The lowest BCUT2D eigenvalue weighted by Gasteiger charge is -2.49. The minimum atomic E-state index is -0.824. The van der Waals surface area contributed by atoms with Crippen LogP contribution < -0.4 is 0 Å². The Kier molecular flexibility index (Phi) is 5.31. The van der Waals surface area contributed by atoms with Crippen LogP contribution in [0.25, 0.3) is 0 Å². The maximum Gasteiger partial charge on any atom is 0.310 e. The van der Waals surface area contributed by atoms with Crippen molar-refractivity contribution in [3.8, 4) is 11.5 Å². The number of ether oxygens (including phenoxy) is 2. The number of carbonyl (C=O) groups is 2. The molecule has 0 heterocycles. The van der Waals surface area contributed by atoms with Gasteiger partial charge in [-0.25, -0.2) is 0 Å². The summed E-state index contributed by atoms with van der Waals surface area (Å²) in [5.41, 5.74) is 2.90. The van der Waals surface area contributed by atoms with Gasteiger partial charge in [0.05, 0.1) is 26.1 Å². The van der Waals surface area contributed by atoms with Gasteiger partial charge in [0.25, 0.3) is 0 Å². The summed E-state index contributed by atoms with van der Waals surface area (Å²) in [6, 6.07) is 10.3. The van der Waals surface area contributed by atoms with Crippen LogP contribution in [0.4, 0.5) is 0 Å². The monoisotopic (exact) mass is 384 g/mol. The molecule has 2 aromatic carbocycles. The Balaban J connectivity index is 2.21. The average molecular weight is 384 g/mol. The van der Waals surface area contributed by atoms with Crippen molar-refractivity contribution >= 4 is 11.9 Å². The van der Waals surface area contributed by atoms with Crippen LogP contribution in [0.15, 0.2) is 36.4 Å². The van der Waals surface area contributed by atoms with Gasteiger partial charge in [0.2, 0.25) is 0 Å². The largest absolute Gasteiger partial charge is 0.508 e. The number of methoxy groups -OCH3 is 2. The first-order chi connectivity index (χ1) is 13.3. The first kappa shape index (κ1) is 19.7. The number of phenolic OH excluding ortho intramolecular Hbond substituents is 2. The normalized spacial score (nSPS) is 23.6. The highest BCUT2D eigenvalue weighted by atomic mass is 16.5. The van der Waals surface area contributed by atoms with Crippen LogP contribution in [0.2, 0.25) is 0 Å². The average Bonchev–Trinajstić information content (AvgIpc) is 2.66. The highest BCUT2D eigenvalue weighted by Gasteiger charge is 2.60. The molecule has 6 nitrogen and oxygen atoms in total. The maximum atomic E-state index is 12.6. The van der Waals surface area contributed by atoms with E-state index >= 15 is 0 Å². The van der Waals surface area contributed by atoms with Gasteiger partial charge in [-0.2, -0.15) is 0 Å². The summed E-state index contributed by atoms with van der Waals surface area (Å²) in [6.07, 6.45) is 0. The van der Waals surface area contributed by atoms with Gasteiger partial charge in [0, 0.05) is 11.8 Å². The fraction of sp³-hybridized carbons (Fsp3) is 0.364. The van der Waals surface area contributed by atoms with E-state index < -0.39 is 35.6 Å². The summed E-state index contributed by atoms with van der Waals surface area (Å²) in [6.45, 7) is 3.76. The number of phenols is 2. The van der Waals surface area contributed by atoms with E-state index in [0.29, 0.717) is 11.1 Å². The van der Waals surface area contributed by atoms with Crippen LogP contribution in [0, 0.1) is 25.7 Å². The summed E-state index contributed by atoms with van der Waals surface area (Å²) >= 11 is 0. The van der Waals surface area contributed by atoms with E-state index in [1.54, 1.807) is 36.4 Å². The van der Waals surface area contributed by atoms with Crippen molar-refractivity contribution < 1.29 is 29.3 Å². The summed E-state index contributed by atoms with van der Waals surface area (Å²) in [5, 5.41) is 21.0. The fourth-order valence-electron chi connectivity index (χ4n) is 4.26. The van der Waals surface area contributed by atoms with Crippen molar-refractivity contribution in [1.82, 2.24) is 0 Å². The van der Waals surface area contributed by atoms with Gasteiger partial charge in [-0.1, -0.05) is 35.4 Å². The lowest BCUT2D eigenvalue weighted by atomic mass is 9.52. The van der Waals surface area contributed by atoms with Crippen LogP contribution in [0.1, 0.15) is 34.1 Å². The Morgan fingerprint density at radius 2 is 1.11 bits per heavy atom. The number of carbonyl (C=O) groups excluding carboxylic acids is 2. The number of aryl methyl sites for hydroxylation is 2. The van der Waals surface area contributed by atoms with Crippen LogP contribution in [-0.4, -0.2) is 36.4 Å². The second kappa shape index (κ2) is 7.54. The Bertz CT molecular complexity index is 844. The number of esters is 2. The third kappa shape index (κ3) is 3.19. The molecular weight excluding hydrogens is 360 g/mol. The van der Waals surface area contributed by atoms with Gasteiger partial charge < -0.3 is 19.7 Å². The molecule has 2 aromatic rings. The lowest BCUT2D eigenvalue weighted by Crippen LogP contribution is -2.52. The van der Waals surface area contributed by atoms with Gasteiger partial charge in [0.15, 0.2) is 0 Å². The standard InChI is InChI=1S/C22H24O6/c1-11-5-7-15(23)13(9-11)17-18(14-10-12(2)6-8-16(14)24)20(22(26)28-4)19(17)21(25)27-3/h5-10,17-20,23-24H,1-4H3/t17-,18-,19-,20-/m0/s1. The van der Waals surface area contributed by atoms with Crippen molar-refractivity contribution in [2.24, 2.45) is 11.8 Å². The van der Waals surface area contributed by atoms with Gasteiger partial charge in [-0.05, 0) is 37.1 Å². The molecule has 1 aliphatic carbocycles. The van der Waals surface area contributed by atoms with Gasteiger partial charge in [-0.3, -0.25) is 9.59 Å². The first-order valence-corrected chi connectivity index (χ1v) is 9.04. The molecule has 2 N–H and O–H groups in total. The molecule has 148 valence electrons. The number of hydrogen-bond acceptors (Lipinski definition) is 6. The number of aromatic hydroxyl groups is 2. The zero-order valence-electron chi connectivity index (χ0n) is 16.3. The van der Waals surface area contributed by atoms with Crippen LogP contribution in [0.3, 0.4) is 0 Å². The molecule has 1 aliphatic rings. The van der Waals surface area contributed by atoms with Crippen molar-refractivity contribution in [2.45, 2.75) is 25.7 Å². The molecule has 28 heavy (non-hydrogen) atoms. The summed E-state index contributed by atoms with van der Waals surface area (Å²) in [5.74, 6) is -3.76. The van der Waals surface area contributed by atoms with E-state index in [0.717, 1.165) is 11.1 Å². The molecule has 0 aromatic heterocycles. The Morgan fingerprint density at radius 1 is 0.750 bits per heavy atom. The SMILES string of the molecule is COC(=O)[C@@H]1[C@@H](C(=O)OC)[C@@H](c2cc(C)ccc2O)[C@@H]1c1cc(C)ccc1O. The molecule has 3 rings (SSSR count). The zero-order valence-corrected chi connectivity index (χ0v) is 16.3. The minimum Gasteiger partial charge on any atom is -0.508 e. The molecule has 1 fully saturated rings. The van der Waals surface area contributed by atoms with E-state index in [4.69, 9.17) is 9.47 Å². The van der Waals surface area contributed by atoms with Gasteiger partial charge in [0.1, 0.15) is 11.5 Å². The van der Waals surface area contributed by atoms with E-state index in [9.17, 15) is 19.8 Å². The molecule has 0 radical (unpaired) electrons. The molecular formula is C22H24O6. The predicted octanol–water partition coefficient (Wildman–Crippen LogP) is 3.17. The molecule has 0 amide bonds. The molecule has 0 saturated heterocycles. The number of hydrogen-bond donors (Lipinski definition) is 2. The Hall–Kier alpha value is -3.02. The van der Waals surface area contributed by atoms with E-state index in [1.807, 2.05) is 13.8 Å². The fourth-order valence-corrected chi connectivity index (χ4v) is 4.26. The maximum absolute atomic E-state index is 12.6. The van der Waals surface area contributed by atoms with Crippen LogP contribution >= 0.6 is 0 Å². The van der Waals surface area contributed by atoms with Crippen molar-refractivity contribution in [1.29, 1.82) is 0 Å². The smallest absolute Gasteiger partial charge is 0.310 e. The molecule has 1 saturated carbocycles. The predicted molar refractivity (Wildman–Crippen MR) is 102 cm³/mol. The highest BCUT2D eigenvalue weighted by Crippen LogP contribution is 2.61. The van der Waals surface area contributed by atoms with Crippen LogP contribution in [-0.2, 0) is 19.1 Å². The van der Waals surface area contributed by atoms with Gasteiger partial charge >= 0.3 is 11.9 Å². The second-order valence-electron chi connectivity index (χ2n) is 7.27. The zero-order chi connectivity index (χ0) is 20.6. The summed E-state index contributed by atoms with van der Waals surface area (Å²) in [4.78, 5) is 25.1. The highest BCUT2D eigenvalue weighted by molar-refractivity contribution is 5.87. The lowest BCUT2D eigenvalue weighted by molar-refractivity contribution is -0.168. The van der Waals surface area contributed by atoms with Crippen LogP contribution in [0.5, 0.6) is 11.5 Å². The third-order valence-electron chi connectivity index (χ3n) is 5.58. The topological polar surface area (TPSA) is 93.1 Å². The van der Waals surface area contributed by atoms with Gasteiger partial charge in [-0.15, -0.1) is 0 Å². The molecule has 0 bridgehead atoms. The third-order valence-corrected chi connectivity index (χ3v) is 5.58. The molecule has 0 unspecified atom stereocenters. The van der Waals surface area contributed by atoms with Crippen molar-refractivity contribution in [3.05, 3.63) is 58.7 Å². The molecule has 0 spiro atoms. The Morgan fingerprint density at radius 3 is 1.43 bits per heavy atom. The number of benzene rings is 2. The van der Waals surface area contributed by atoms with Crippen molar-refractivity contribution in [2.75, 3.05) is 14.2 Å². The molecule has 4 atom stereocenters. The summed E-state index contributed by atoms with van der Waals surface area (Å²) in [7, 11) is 2.53. The van der Waals surface area contributed by atoms with E-state index in [2.05, 4.69) is 0 Å². The molecule has 0 aliphatic heterocycles. The first-order valence-electron chi connectivity index (χ1n) is 9.04. The summed E-state index contributed by atoms with van der Waals surface area (Å²) < 4.78 is 9.90. The second-order valence-corrected chi connectivity index (χ2v) is 7.27. The minimum absolute atomic E-state index is 0.0324. The Labute approximate surface area is 163 Å². The number of rotatable bonds is 4. The quantitative estimate of drug-likeness (QED) is 0.787. The van der Waals surface area contributed by atoms with E-state index in [-0.39, 0.29) is 11.5 Å². The molecule has 6 heteroatoms. The van der Waals surface area contributed by atoms with Crippen molar-refractivity contribution in [3.63, 3.8) is 0 Å². The van der Waals surface area contributed by atoms with E-state index in [1.165, 1.54) is 14.2 Å².